The van der Waals surface area contributed by atoms with Crippen molar-refractivity contribution in [2.24, 2.45) is 0 Å². The van der Waals surface area contributed by atoms with E-state index in [9.17, 15) is 8.78 Å². The fraction of sp³-hybridized carbons (Fsp3) is 0.143. The monoisotopic (exact) mass is 322 g/mol. The van der Waals surface area contributed by atoms with Crippen molar-refractivity contribution >= 4 is 21.9 Å². The zero-order chi connectivity index (χ0) is 16.7. The molecule has 1 aromatic heterocycles. The topological polar surface area (TPSA) is 13.1 Å². The minimum Gasteiger partial charge on any atom is -0.450 e. The minimum atomic E-state index is -0.478. The van der Waals surface area contributed by atoms with Crippen molar-refractivity contribution in [2.45, 2.75) is 19.8 Å². The summed E-state index contributed by atoms with van der Waals surface area (Å²) < 4.78 is 34.3. The second-order valence-corrected chi connectivity index (χ2v) is 5.97. The van der Waals surface area contributed by atoms with E-state index in [0.717, 1.165) is 18.4 Å². The van der Waals surface area contributed by atoms with Crippen molar-refractivity contribution in [3.05, 3.63) is 71.8 Å². The first kappa shape index (κ1) is 14.9. The molecular weight excluding hydrogens is 306 g/mol. The van der Waals surface area contributed by atoms with Gasteiger partial charge in [-0.1, -0.05) is 55.8 Å². The summed E-state index contributed by atoms with van der Waals surface area (Å²) in [5.41, 5.74) is 2.68. The number of benzene rings is 3. The fourth-order valence-electron chi connectivity index (χ4n) is 3.16. The van der Waals surface area contributed by atoms with Crippen LogP contribution in [0.3, 0.4) is 0 Å². The van der Waals surface area contributed by atoms with Crippen LogP contribution in [0.15, 0.2) is 59.0 Å². The molecule has 0 aliphatic rings. The summed E-state index contributed by atoms with van der Waals surface area (Å²) >= 11 is 0. The number of hydrogen-bond acceptors (Lipinski definition) is 1. The van der Waals surface area contributed by atoms with Crippen molar-refractivity contribution in [1.82, 2.24) is 0 Å². The average molecular weight is 322 g/mol. The Hall–Kier alpha value is -2.68. The van der Waals surface area contributed by atoms with Crippen LogP contribution in [0.4, 0.5) is 8.78 Å². The number of rotatable bonds is 3. The van der Waals surface area contributed by atoms with E-state index >= 15 is 0 Å². The van der Waals surface area contributed by atoms with Gasteiger partial charge in [0.05, 0.1) is 0 Å². The lowest BCUT2D eigenvalue weighted by molar-refractivity contribution is 0.559. The number of fused-ring (bicyclic) bond motifs is 3. The molecular formula is C21H16F2O. The van der Waals surface area contributed by atoms with Crippen LogP contribution in [-0.4, -0.2) is 0 Å². The molecule has 4 rings (SSSR count). The molecule has 0 bridgehead atoms. The van der Waals surface area contributed by atoms with Crippen LogP contribution in [0.2, 0.25) is 0 Å². The van der Waals surface area contributed by atoms with Crippen LogP contribution in [0.1, 0.15) is 18.9 Å². The quantitative estimate of drug-likeness (QED) is 0.420. The highest BCUT2D eigenvalue weighted by Gasteiger charge is 2.17. The average Bonchev–Trinajstić information content (AvgIpc) is 2.98. The number of para-hydroxylation sites is 1. The lowest BCUT2D eigenvalue weighted by atomic mass is 10.0. The summed E-state index contributed by atoms with van der Waals surface area (Å²) in [4.78, 5) is 0. The maximum Gasteiger partial charge on any atom is 0.174 e. The molecule has 0 saturated heterocycles. The third-order valence-corrected chi connectivity index (χ3v) is 4.36. The normalized spacial score (nSPS) is 11.5. The van der Waals surface area contributed by atoms with E-state index in [-0.39, 0.29) is 11.2 Å². The predicted molar refractivity (Wildman–Crippen MR) is 93.1 cm³/mol. The first-order valence-electron chi connectivity index (χ1n) is 8.07. The zero-order valence-electron chi connectivity index (χ0n) is 13.3. The standard InChI is InChI=1S/C21H16F2O/c1-2-4-13-7-9-14(10-8-13)15-11-12-17-16-5-3-6-18(22)20(16)24-21(17)19(15)23/h3,5-12H,2,4H2,1H3. The molecule has 0 atom stereocenters. The smallest absolute Gasteiger partial charge is 0.174 e. The third-order valence-electron chi connectivity index (χ3n) is 4.36. The molecule has 0 amide bonds. The number of aryl methyl sites for hydroxylation is 1. The molecule has 3 aromatic carbocycles. The van der Waals surface area contributed by atoms with Crippen molar-refractivity contribution in [3.63, 3.8) is 0 Å². The predicted octanol–water partition coefficient (Wildman–Crippen LogP) is 6.48. The molecule has 0 N–H and O–H groups in total. The van der Waals surface area contributed by atoms with Crippen LogP contribution in [-0.2, 0) is 6.42 Å². The SMILES string of the molecule is CCCc1ccc(-c2ccc3c(oc4c(F)cccc43)c2F)cc1. The largest absolute Gasteiger partial charge is 0.450 e. The molecule has 1 heterocycles. The van der Waals surface area contributed by atoms with Crippen molar-refractivity contribution in [1.29, 1.82) is 0 Å². The third kappa shape index (κ3) is 2.28. The highest BCUT2D eigenvalue weighted by Crippen LogP contribution is 2.36. The van der Waals surface area contributed by atoms with Gasteiger partial charge < -0.3 is 4.42 Å². The van der Waals surface area contributed by atoms with E-state index in [1.165, 1.54) is 11.6 Å². The van der Waals surface area contributed by atoms with E-state index in [2.05, 4.69) is 6.92 Å². The van der Waals surface area contributed by atoms with Crippen molar-refractivity contribution in [3.8, 4) is 11.1 Å². The summed E-state index contributed by atoms with van der Waals surface area (Å²) in [5.74, 6) is -0.931. The number of halogens is 2. The van der Waals surface area contributed by atoms with Gasteiger partial charge in [-0.3, -0.25) is 0 Å². The molecule has 0 unspecified atom stereocenters. The first-order chi connectivity index (χ1) is 11.7. The van der Waals surface area contributed by atoms with E-state index in [1.54, 1.807) is 24.3 Å². The van der Waals surface area contributed by atoms with Gasteiger partial charge in [0.15, 0.2) is 22.8 Å². The highest BCUT2D eigenvalue weighted by atomic mass is 19.1. The summed E-state index contributed by atoms with van der Waals surface area (Å²) in [5, 5.41) is 1.18. The Labute approximate surface area is 138 Å². The molecule has 0 radical (unpaired) electrons. The van der Waals surface area contributed by atoms with Gasteiger partial charge in [-0.15, -0.1) is 0 Å². The van der Waals surface area contributed by atoms with Gasteiger partial charge in [0.25, 0.3) is 0 Å². The van der Waals surface area contributed by atoms with E-state index in [1.807, 2.05) is 24.3 Å². The minimum absolute atomic E-state index is 0.0989. The molecule has 24 heavy (non-hydrogen) atoms. The molecule has 0 fully saturated rings. The van der Waals surface area contributed by atoms with Crippen LogP contribution >= 0.6 is 0 Å². The summed E-state index contributed by atoms with van der Waals surface area (Å²) in [7, 11) is 0. The van der Waals surface area contributed by atoms with Gasteiger partial charge in [-0.25, -0.2) is 8.78 Å². The van der Waals surface area contributed by atoms with E-state index in [0.29, 0.717) is 16.3 Å². The molecule has 3 heteroatoms. The Kier molecular flexibility index (Phi) is 3.57. The van der Waals surface area contributed by atoms with E-state index < -0.39 is 11.6 Å². The van der Waals surface area contributed by atoms with Gasteiger partial charge in [-0.2, -0.15) is 0 Å². The van der Waals surface area contributed by atoms with Crippen molar-refractivity contribution in [2.75, 3.05) is 0 Å². The molecule has 1 nitrogen and oxygen atoms in total. The van der Waals surface area contributed by atoms with E-state index in [4.69, 9.17) is 4.42 Å². The Morgan fingerprint density at radius 3 is 2.33 bits per heavy atom. The first-order valence-corrected chi connectivity index (χ1v) is 8.07. The van der Waals surface area contributed by atoms with Crippen LogP contribution in [0, 0.1) is 11.6 Å². The highest BCUT2D eigenvalue weighted by molar-refractivity contribution is 6.06. The molecule has 0 aliphatic carbocycles. The maximum absolute atomic E-state index is 15.0. The molecule has 0 saturated carbocycles. The zero-order valence-corrected chi connectivity index (χ0v) is 13.3. The van der Waals surface area contributed by atoms with Crippen LogP contribution in [0.5, 0.6) is 0 Å². The van der Waals surface area contributed by atoms with Crippen LogP contribution < -0.4 is 0 Å². The molecule has 4 aromatic rings. The summed E-state index contributed by atoms with van der Waals surface area (Å²) in [6, 6.07) is 16.0. The van der Waals surface area contributed by atoms with Gasteiger partial charge in [-0.05, 0) is 29.7 Å². The Morgan fingerprint density at radius 2 is 1.58 bits per heavy atom. The Bertz CT molecular complexity index is 1030. The second kappa shape index (κ2) is 5.75. The molecule has 120 valence electrons. The van der Waals surface area contributed by atoms with Gasteiger partial charge >= 0.3 is 0 Å². The lowest BCUT2D eigenvalue weighted by Crippen LogP contribution is -1.87. The van der Waals surface area contributed by atoms with Gasteiger partial charge in [0.2, 0.25) is 0 Å². The summed E-state index contributed by atoms with van der Waals surface area (Å²) in [6.45, 7) is 2.13. The van der Waals surface area contributed by atoms with Gasteiger partial charge in [0.1, 0.15) is 0 Å². The number of hydrogen-bond donors (Lipinski definition) is 0. The second-order valence-electron chi connectivity index (χ2n) is 5.97. The van der Waals surface area contributed by atoms with Crippen molar-refractivity contribution < 1.29 is 13.2 Å². The van der Waals surface area contributed by atoms with Crippen LogP contribution in [0.25, 0.3) is 33.1 Å². The molecule has 0 aliphatic heterocycles. The molecule has 0 spiro atoms. The maximum atomic E-state index is 15.0. The lowest BCUT2D eigenvalue weighted by Gasteiger charge is -2.05. The Morgan fingerprint density at radius 1 is 0.833 bits per heavy atom. The summed E-state index contributed by atoms with van der Waals surface area (Å²) in [6.07, 6.45) is 2.08. The Balaban J connectivity index is 1.89. The number of furan rings is 1. The fourth-order valence-corrected chi connectivity index (χ4v) is 3.16. The van der Waals surface area contributed by atoms with Gasteiger partial charge in [0, 0.05) is 16.3 Å².